The van der Waals surface area contributed by atoms with Crippen LogP contribution >= 0.6 is 15.9 Å². The Hall–Kier alpha value is -1.38. The van der Waals surface area contributed by atoms with Crippen LogP contribution < -0.4 is 5.32 Å². The van der Waals surface area contributed by atoms with E-state index in [0.717, 1.165) is 5.56 Å². The molecular weight excluding hydrogens is 284 g/mol. The lowest BCUT2D eigenvalue weighted by Crippen LogP contribution is -2.24. The first-order valence-electron chi connectivity index (χ1n) is 5.14. The zero-order valence-corrected chi connectivity index (χ0v) is 11.0. The Labute approximate surface area is 109 Å². The number of nitro benzene ring substituents is 1. The first-order chi connectivity index (χ1) is 8.04. The fourth-order valence-corrected chi connectivity index (χ4v) is 1.74. The van der Waals surface area contributed by atoms with Crippen molar-refractivity contribution in [2.24, 2.45) is 0 Å². The van der Waals surface area contributed by atoms with Gasteiger partial charge in [-0.3, -0.25) is 10.1 Å². The van der Waals surface area contributed by atoms with Crippen molar-refractivity contribution in [2.75, 3.05) is 0 Å². The van der Waals surface area contributed by atoms with Crippen LogP contribution in [0, 0.1) is 22.5 Å². The predicted molar refractivity (Wildman–Crippen MR) is 70.5 cm³/mol. The maximum Gasteiger partial charge on any atom is 0.283 e. The first kappa shape index (κ1) is 13.7. The van der Waals surface area contributed by atoms with Crippen LogP contribution in [0.15, 0.2) is 22.7 Å². The third kappa shape index (κ3) is 4.17. The molecule has 0 bridgehead atoms. The summed E-state index contributed by atoms with van der Waals surface area (Å²) in [5.74, 6) is 2.56. The number of nitrogens with one attached hydrogen (secondary N) is 1. The number of halogens is 1. The molecule has 0 aliphatic carbocycles. The zero-order chi connectivity index (χ0) is 12.8. The molecule has 0 aliphatic heterocycles. The van der Waals surface area contributed by atoms with E-state index in [9.17, 15) is 10.1 Å². The van der Waals surface area contributed by atoms with Gasteiger partial charge in [0.05, 0.1) is 9.40 Å². The molecule has 0 aliphatic rings. The summed E-state index contributed by atoms with van der Waals surface area (Å²) < 4.78 is 0.489. The van der Waals surface area contributed by atoms with E-state index in [1.807, 2.05) is 13.0 Å². The summed E-state index contributed by atoms with van der Waals surface area (Å²) in [6.07, 6.45) is 5.83. The van der Waals surface area contributed by atoms with Crippen LogP contribution in [0.3, 0.4) is 0 Å². The lowest BCUT2D eigenvalue weighted by Gasteiger charge is -2.10. The van der Waals surface area contributed by atoms with Crippen molar-refractivity contribution in [3.63, 3.8) is 0 Å². The van der Waals surface area contributed by atoms with E-state index in [1.54, 1.807) is 12.1 Å². The van der Waals surface area contributed by atoms with Gasteiger partial charge < -0.3 is 5.32 Å². The van der Waals surface area contributed by atoms with Gasteiger partial charge >= 0.3 is 0 Å². The zero-order valence-electron chi connectivity index (χ0n) is 9.44. The molecule has 5 heteroatoms. The molecule has 0 heterocycles. The summed E-state index contributed by atoms with van der Waals surface area (Å²) in [5.41, 5.74) is 0.942. The molecule has 0 amide bonds. The number of hydrogen-bond donors (Lipinski definition) is 1. The summed E-state index contributed by atoms with van der Waals surface area (Å²) in [4.78, 5) is 10.3. The predicted octanol–water partition coefficient (Wildman–Crippen LogP) is 2.86. The van der Waals surface area contributed by atoms with E-state index >= 15 is 0 Å². The van der Waals surface area contributed by atoms with Crippen LogP contribution in [0.2, 0.25) is 0 Å². The second-order valence-electron chi connectivity index (χ2n) is 3.73. The second kappa shape index (κ2) is 6.38. The van der Waals surface area contributed by atoms with Gasteiger partial charge in [-0.15, -0.1) is 12.3 Å². The Kier molecular flexibility index (Phi) is 5.13. The Morgan fingerprint density at radius 1 is 1.65 bits per heavy atom. The molecule has 90 valence electrons. The summed E-state index contributed by atoms with van der Waals surface area (Å²) in [6.45, 7) is 2.55. The molecule has 0 spiro atoms. The van der Waals surface area contributed by atoms with Crippen molar-refractivity contribution < 1.29 is 4.92 Å². The molecule has 1 N–H and O–H groups in total. The highest BCUT2D eigenvalue weighted by molar-refractivity contribution is 9.10. The van der Waals surface area contributed by atoms with Crippen molar-refractivity contribution >= 4 is 21.6 Å². The number of nitro groups is 1. The van der Waals surface area contributed by atoms with Gasteiger partial charge in [-0.1, -0.05) is 6.07 Å². The Balaban J connectivity index is 2.70. The van der Waals surface area contributed by atoms with Gasteiger partial charge in [-0.25, -0.2) is 0 Å². The number of terminal acetylenes is 1. The van der Waals surface area contributed by atoms with Gasteiger partial charge in [0.1, 0.15) is 0 Å². The largest absolute Gasteiger partial charge is 0.309 e. The third-order valence-electron chi connectivity index (χ3n) is 2.29. The van der Waals surface area contributed by atoms with Gasteiger partial charge in [0.25, 0.3) is 5.69 Å². The molecular formula is C12H13BrN2O2. The van der Waals surface area contributed by atoms with Crippen LogP contribution in [0.5, 0.6) is 0 Å². The first-order valence-corrected chi connectivity index (χ1v) is 5.93. The number of nitrogens with zero attached hydrogens (tertiary/aromatic N) is 1. The van der Waals surface area contributed by atoms with E-state index in [4.69, 9.17) is 6.42 Å². The second-order valence-corrected chi connectivity index (χ2v) is 4.59. The standard InChI is InChI=1S/C12H13BrN2O2/c1-3-4-9(2)14-8-10-5-6-11(13)12(7-10)15(16)17/h1,5-7,9,14H,4,8H2,2H3. The minimum atomic E-state index is -0.404. The molecule has 0 fully saturated rings. The van der Waals surface area contributed by atoms with E-state index in [2.05, 4.69) is 27.2 Å². The molecule has 1 aromatic carbocycles. The van der Waals surface area contributed by atoms with E-state index < -0.39 is 4.92 Å². The lowest BCUT2D eigenvalue weighted by atomic mass is 10.2. The van der Waals surface area contributed by atoms with Gasteiger partial charge in [-0.2, -0.15) is 0 Å². The Morgan fingerprint density at radius 2 is 2.35 bits per heavy atom. The van der Waals surface area contributed by atoms with E-state index in [0.29, 0.717) is 17.4 Å². The minimum Gasteiger partial charge on any atom is -0.309 e. The van der Waals surface area contributed by atoms with Crippen LogP contribution in [0.1, 0.15) is 18.9 Å². The maximum absolute atomic E-state index is 10.7. The summed E-state index contributed by atoms with van der Waals surface area (Å²) in [7, 11) is 0. The lowest BCUT2D eigenvalue weighted by molar-refractivity contribution is -0.385. The number of benzene rings is 1. The molecule has 17 heavy (non-hydrogen) atoms. The van der Waals surface area contributed by atoms with Crippen molar-refractivity contribution in [1.82, 2.24) is 5.32 Å². The Morgan fingerprint density at radius 3 is 2.94 bits per heavy atom. The maximum atomic E-state index is 10.7. The highest BCUT2D eigenvalue weighted by Crippen LogP contribution is 2.25. The molecule has 1 aromatic rings. The van der Waals surface area contributed by atoms with Gasteiger partial charge in [0.15, 0.2) is 0 Å². The normalized spacial score (nSPS) is 11.8. The van der Waals surface area contributed by atoms with Gasteiger partial charge in [0.2, 0.25) is 0 Å². The van der Waals surface area contributed by atoms with Crippen LogP contribution in [-0.4, -0.2) is 11.0 Å². The van der Waals surface area contributed by atoms with Crippen molar-refractivity contribution in [3.8, 4) is 12.3 Å². The fraction of sp³-hybridized carbons (Fsp3) is 0.333. The van der Waals surface area contributed by atoms with Crippen molar-refractivity contribution in [2.45, 2.75) is 25.9 Å². The molecule has 0 aromatic heterocycles. The fourth-order valence-electron chi connectivity index (χ4n) is 1.35. The molecule has 0 saturated heterocycles. The van der Waals surface area contributed by atoms with Crippen LogP contribution in [0.25, 0.3) is 0 Å². The SMILES string of the molecule is C#CCC(C)NCc1ccc(Br)c([N+](=O)[O-])c1. The van der Waals surface area contributed by atoms with Gasteiger partial charge in [0, 0.05) is 25.1 Å². The van der Waals surface area contributed by atoms with Crippen LogP contribution in [0.4, 0.5) is 5.69 Å². The quantitative estimate of drug-likeness (QED) is 0.516. The molecule has 0 radical (unpaired) electrons. The highest BCUT2D eigenvalue weighted by atomic mass is 79.9. The molecule has 1 rings (SSSR count). The van der Waals surface area contributed by atoms with E-state index in [1.165, 1.54) is 0 Å². The van der Waals surface area contributed by atoms with Crippen LogP contribution in [-0.2, 0) is 6.54 Å². The number of rotatable bonds is 5. The summed E-state index contributed by atoms with van der Waals surface area (Å²) in [5, 5.41) is 13.9. The summed E-state index contributed by atoms with van der Waals surface area (Å²) >= 11 is 3.15. The third-order valence-corrected chi connectivity index (χ3v) is 2.96. The highest BCUT2D eigenvalue weighted by Gasteiger charge is 2.12. The van der Waals surface area contributed by atoms with Gasteiger partial charge in [-0.05, 0) is 34.5 Å². The minimum absolute atomic E-state index is 0.0777. The number of hydrogen-bond acceptors (Lipinski definition) is 3. The average molecular weight is 297 g/mol. The molecule has 4 nitrogen and oxygen atoms in total. The molecule has 0 saturated carbocycles. The molecule has 1 atom stereocenters. The molecule has 1 unspecified atom stereocenters. The van der Waals surface area contributed by atoms with Crippen molar-refractivity contribution in [1.29, 1.82) is 0 Å². The summed E-state index contributed by atoms with van der Waals surface area (Å²) in [6, 6.07) is 5.27. The monoisotopic (exact) mass is 296 g/mol. The smallest absolute Gasteiger partial charge is 0.283 e. The topological polar surface area (TPSA) is 55.2 Å². The van der Waals surface area contributed by atoms with E-state index in [-0.39, 0.29) is 11.7 Å². The van der Waals surface area contributed by atoms with Crippen molar-refractivity contribution in [3.05, 3.63) is 38.3 Å². The Bertz CT molecular complexity index is 454. The average Bonchev–Trinajstić information content (AvgIpc) is 2.28.